The highest BCUT2D eigenvalue weighted by Crippen LogP contribution is 2.45. The molecule has 17 nitrogen and oxygen atoms in total. The summed E-state index contributed by atoms with van der Waals surface area (Å²) in [7, 11) is -9.91. The van der Waals surface area contributed by atoms with Gasteiger partial charge in [-0.15, -0.1) is 0 Å². The third-order valence-corrected chi connectivity index (χ3v) is 19.8. The number of carbonyl (C=O) groups excluding carboxylic acids is 4. The van der Waals surface area contributed by atoms with Gasteiger partial charge < -0.3 is 33.8 Å². The molecule has 0 saturated heterocycles. The first-order valence-electron chi connectivity index (χ1n) is 39.8. The zero-order valence-electron chi connectivity index (χ0n) is 62.8. The molecule has 0 aromatic rings. The van der Waals surface area contributed by atoms with Gasteiger partial charge in [-0.05, 0) is 43.4 Å². The van der Waals surface area contributed by atoms with Gasteiger partial charge in [0.05, 0.1) is 26.4 Å². The Morgan fingerprint density at radius 1 is 0.281 bits per heavy atom. The van der Waals surface area contributed by atoms with Crippen LogP contribution in [0.1, 0.15) is 395 Å². The molecule has 0 aromatic carbocycles. The van der Waals surface area contributed by atoms with Crippen LogP contribution >= 0.6 is 15.6 Å². The van der Waals surface area contributed by atoms with Crippen molar-refractivity contribution in [3.05, 3.63) is 0 Å². The van der Waals surface area contributed by atoms with Crippen molar-refractivity contribution in [3.8, 4) is 0 Å². The number of carbonyl (C=O) groups is 4. The van der Waals surface area contributed by atoms with Crippen LogP contribution < -0.4 is 0 Å². The minimum atomic E-state index is -4.96. The summed E-state index contributed by atoms with van der Waals surface area (Å²) in [6.07, 6.45) is 54.5. The van der Waals surface area contributed by atoms with Gasteiger partial charge in [0.25, 0.3) is 0 Å². The molecule has 3 N–H and O–H groups in total. The number of phosphoric acid groups is 2. The van der Waals surface area contributed by atoms with E-state index < -0.39 is 97.5 Å². The predicted octanol–water partition coefficient (Wildman–Crippen LogP) is 22.6. The summed E-state index contributed by atoms with van der Waals surface area (Å²) >= 11 is 0. The largest absolute Gasteiger partial charge is 0.472 e. The molecule has 0 aliphatic rings. The number of esters is 4. The van der Waals surface area contributed by atoms with Gasteiger partial charge in [-0.25, -0.2) is 9.13 Å². The van der Waals surface area contributed by atoms with Crippen LogP contribution in [0.4, 0.5) is 0 Å². The Kier molecular flexibility index (Phi) is 66.2. The van der Waals surface area contributed by atoms with Crippen LogP contribution in [0.15, 0.2) is 0 Å². The van der Waals surface area contributed by atoms with Gasteiger partial charge >= 0.3 is 39.5 Å². The Balaban J connectivity index is 5.20. The van der Waals surface area contributed by atoms with E-state index in [2.05, 4.69) is 48.5 Å². The van der Waals surface area contributed by atoms with E-state index in [9.17, 15) is 43.2 Å². The molecule has 5 atom stereocenters. The van der Waals surface area contributed by atoms with E-state index in [-0.39, 0.29) is 25.7 Å². The molecule has 0 aromatic heterocycles. The fraction of sp³-hybridized carbons (Fsp3) is 0.948. The standard InChI is InChI=1S/C77H150O17P2/c1-8-9-10-11-12-13-14-15-16-17-18-19-20-21-22-23-28-31-37-46-53-60-76(81)93-72(64-87-74(79)58-51-44-36-30-27-25-24-26-29-34-41-48-55-68(2)3)66-91-95(83,84)89-62-71(78)63-90-96(85,86)92-67-73(65-88-75(80)59-52-45-40-39-43-50-57-70(6)7)94-77(82)61-54-47-38-33-32-35-42-49-56-69(4)5/h68-73,78H,8-67H2,1-7H3,(H,83,84)(H,85,86)/t71-,72-,73-/m1/s1. The minimum absolute atomic E-state index is 0.103. The number of phosphoric ester groups is 2. The van der Waals surface area contributed by atoms with Gasteiger partial charge in [0, 0.05) is 25.7 Å². The highest BCUT2D eigenvalue weighted by Gasteiger charge is 2.30. The number of aliphatic hydroxyl groups excluding tert-OH is 1. The summed E-state index contributed by atoms with van der Waals surface area (Å²) in [5.74, 6) is 0.0575. The van der Waals surface area contributed by atoms with Crippen LogP contribution in [0.2, 0.25) is 0 Å². The zero-order chi connectivity index (χ0) is 70.9. The lowest BCUT2D eigenvalue weighted by Gasteiger charge is -2.21. The first kappa shape index (κ1) is 94.1. The summed E-state index contributed by atoms with van der Waals surface area (Å²) in [5, 5.41) is 10.6. The predicted molar refractivity (Wildman–Crippen MR) is 391 cm³/mol. The van der Waals surface area contributed by atoms with Crippen molar-refractivity contribution < 1.29 is 80.2 Å². The maximum Gasteiger partial charge on any atom is 0.472 e. The number of rotatable bonds is 75. The number of ether oxygens (including phenoxy) is 4. The Labute approximate surface area is 588 Å². The molecule has 96 heavy (non-hydrogen) atoms. The molecule has 570 valence electrons. The Bertz CT molecular complexity index is 1870. The van der Waals surface area contributed by atoms with E-state index in [1.165, 1.54) is 199 Å². The third kappa shape index (κ3) is 70.5. The number of hydrogen-bond acceptors (Lipinski definition) is 15. The van der Waals surface area contributed by atoms with Crippen molar-refractivity contribution in [1.82, 2.24) is 0 Å². The van der Waals surface area contributed by atoms with E-state index in [0.29, 0.717) is 31.6 Å². The summed E-state index contributed by atoms with van der Waals surface area (Å²) in [6, 6.07) is 0. The maximum atomic E-state index is 13.1. The van der Waals surface area contributed by atoms with Crippen LogP contribution in [0.3, 0.4) is 0 Å². The average molecular weight is 1410 g/mol. The van der Waals surface area contributed by atoms with Gasteiger partial charge in [-0.3, -0.25) is 37.3 Å². The van der Waals surface area contributed by atoms with E-state index in [0.717, 1.165) is 108 Å². The van der Waals surface area contributed by atoms with Crippen molar-refractivity contribution >= 4 is 39.5 Å². The maximum absolute atomic E-state index is 13.1. The van der Waals surface area contributed by atoms with Crippen molar-refractivity contribution in [1.29, 1.82) is 0 Å². The average Bonchev–Trinajstić information content (AvgIpc) is 1.27. The lowest BCUT2D eigenvalue weighted by atomic mass is 10.0. The van der Waals surface area contributed by atoms with E-state index in [1.807, 2.05) is 0 Å². The molecule has 0 radical (unpaired) electrons. The second kappa shape index (κ2) is 67.5. The Morgan fingerprint density at radius 3 is 0.708 bits per heavy atom. The second-order valence-corrected chi connectivity index (χ2v) is 32.1. The van der Waals surface area contributed by atoms with Crippen molar-refractivity contribution in [3.63, 3.8) is 0 Å². The van der Waals surface area contributed by atoms with E-state index in [1.54, 1.807) is 0 Å². The van der Waals surface area contributed by atoms with Gasteiger partial charge in [0.1, 0.15) is 19.3 Å². The fourth-order valence-electron chi connectivity index (χ4n) is 11.8. The zero-order valence-corrected chi connectivity index (χ0v) is 64.6. The molecule has 0 amide bonds. The van der Waals surface area contributed by atoms with E-state index >= 15 is 0 Å². The lowest BCUT2D eigenvalue weighted by molar-refractivity contribution is -0.161. The molecule has 2 unspecified atom stereocenters. The summed E-state index contributed by atoms with van der Waals surface area (Å²) < 4.78 is 68.5. The van der Waals surface area contributed by atoms with Crippen LogP contribution in [-0.2, 0) is 65.4 Å². The molecule has 19 heteroatoms. The SMILES string of the molecule is CCCCCCCCCCCCCCCCCCCCCCCC(=O)O[C@H](COC(=O)CCCCCCCCCCCCCCC(C)C)COP(=O)(O)OC[C@@H](O)COP(=O)(O)OC[C@@H](COC(=O)CCCCCCCCC(C)C)OC(=O)CCCCCCCCCCC(C)C. The third-order valence-electron chi connectivity index (χ3n) is 17.9. The highest BCUT2D eigenvalue weighted by molar-refractivity contribution is 7.47. The van der Waals surface area contributed by atoms with Crippen molar-refractivity contribution in [2.24, 2.45) is 17.8 Å². The molecule has 0 bridgehead atoms. The monoisotopic (exact) mass is 1410 g/mol. The van der Waals surface area contributed by atoms with E-state index in [4.69, 9.17) is 37.0 Å². The lowest BCUT2D eigenvalue weighted by Crippen LogP contribution is -2.30. The molecule has 0 saturated carbocycles. The van der Waals surface area contributed by atoms with Crippen molar-refractivity contribution in [2.45, 2.75) is 414 Å². The van der Waals surface area contributed by atoms with Crippen LogP contribution in [0, 0.1) is 17.8 Å². The minimum Gasteiger partial charge on any atom is -0.462 e. The van der Waals surface area contributed by atoms with Crippen LogP contribution in [0.5, 0.6) is 0 Å². The van der Waals surface area contributed by atoms with Gasteiger partial charge in [0.2, 0.25) is 0 Å². The Morgan fingerprint density at radius 2 is 0.479 bits per heavy atom. The topological polar surface area (TPSA) is 237 Å². The smallest absolute Gasteiger partial charge is 0.462 e. The molecule has 0 fully saturated rings. The summed E-state index contributed by atoms with van der Waals surface area (Å²) in [6.45, 7) is 11.8. The number of aliphatic hydroxyl groups is 1. The van der Waals surface area contributed by atoms with Gasteiger partial charge in [-0.1, -0.05) is 344 Å². The van der Waals surface area contributed by atoms with Gasteiger partial charge in [0.15, 0.2) is 12.2 Å². The first-order valence-corrected chi connectivity index (χ1v) is 42.8. The highest BCUT2D eigenvalue weighted by atomic mass is 31.2. The van der Waals surface area contributed by atoms with Crippen LogP contribution in [-0.4, -0.2) is 96.7 Å². The van der Waals surface area contributed by atoms with Crippen molar-refractivity contribution in [2.75, 3.05) is 39.6 Å². The first-order chi connectivity index (χ1) is 46.2. The molecule has 0 aliphatic heterocycles. The second-order valence-electron chi connectivity index (χ2n) is 29.2. The molecule has 0 heterocycles. The molecule has 0 rings (SSSR count). The number of hydrogen-bond donors (Lipinski definition) is 3. The van der Waals surface area contributed by atoms with Gasteiger partial charge in [-0.2, -0.15) is 0 Å². The normalized spacial score (nSPS) is 14.1. The quantitative estimate of drug-likeness (QED) is 0.0222. The summed E-state index contributed by atoms with van der Waals surface area (Å²) in [5.41, 5.74) is 0. The molecular weight excluding hydrogens is 1260 g/mol. The molecule has 0 aliphatic carbocycles. The Hall–Kier alpha value is -1.94. The molecular formula is C77H150O17P2. The fourth-order valence-corrected chi connectivity index (χ4v) is 13.4. The van der Waals surface area contributed by atoms with Crippen LogP contribution in [0.25, 0.3) is 0 Å². The molecule has 0 spiro atoms. The number of unbranched alkanes of at least 4 members (excludes halogenated alkanes) is 43. The summed E-state index contributed by atoms with van der Waals surface area (Å²) in [4.78, 5) is 72.8.